The molecule has 0 radical (unpaired) electrons. The fourth-order valence-electron chi connectivity index (χ4n) is 2.16. The van der Waals surface area contributed by atoms with Gasteiger partial charge in [-0.15, -0.1) is 0 Å². The maximum atomic E-state index is 12.3. The van der Waals surface area contributed by atoms with Crippen LogP contribution < -0.4 is 0 Å². The van der Waals surface area contributed by atoms with Gasteiger partial charge in [-0.25, -0.2) is 0 Å². The number of amides is 2. The van der Waals surface area contributed by atoms with E-state index in [0.29, 0.717) is 13.1 Å². The molecule has 5 nitrogen and oxygen atoms in total. The molecular weight excluding hydrogens is 278 g/mol. The van der Waals surface area contributed by atoms with Crippen LogP contribution in [0.1, 0.15) is 18.9 Å². The quantitative estimate of drug-likeness (QED) is 0.730. The molecule has 122 valence electrons. The molecule has 1 aromatic rings. The lowest BCUT2D eigenvalue weighted by molar-refractivity contribution is -0.139. The zero-order chi connectivity index (χ0) is 16.5. The van der Waals surface area contributed by atoms with E-state index in [-0.39, 0.29) is 18.4 Å². The van der Waals surface area contributed by atoms with Crippen molar-refractivity contribution in [3.63, 3.8) is 0 Å². The van der Waals surface area contributed by atoms with E-state index in [0.717, 1.165) is 18.5 Å². The minimum atomic E-state index is -0.0554. The van der Waals surface area contributed by atoms with Crippen molar-refractivity contribution in [2.45, 2.75) is 19.9 Å². The monoisotopic (exact) mass is 305 g/mol. The molecule has 22 heavy (non-hydrogen) atoms. The highest BCUT2D eigenvalue weighted by Crippen LogP contribution is 2.04. The second kappa shape index (κ2) is 9.20. The molecule has 0 fully saturated rings. The Kier molecular flexibility index (Phi) is 7.60. The lowest BCUT2D eigenvalue weighted by Crippen LogP contribution is -2.41. The lowest BCUT2D eigenvalue weighted by Gasteiger charge is -2.25. The summed E-state index contributed by atoms with van der Waals surface area (Å²) in [5.74, 6) is -0.0934. The predicted molar refractivity (Wildman–Crippen MR) is 88.3 cm³/mol. The third-order valence-electron chi connectivity index (χ3n) is 3.49. The minimum Gasteiger partial charge on any atom is -0.340 e. The van der Waals surface area contributed by atoms with Crippen LogP contribution in [0.3, 0.4) is 0 Å². The molecule has 0 saturated heterocycles. The molecule has 0 saturated carbocycles. The van der Waals surface area contributed by atoms with Gasteiger partial charge in [-0.05, 0) is 32.6 Å². The van der Waals surface area contributed by atoms with E-state index in [1.165, 1.54) is 6.92 Å². The molecule has 0 unspecified atom stereocenters. The number of carbonyl (C=O) groups is 2. The van der Waals surface area contributed by atoms with Gasteiger partial charge in [0.2, 0.25) is 11.8 Å². The average molecular weight is 305 g/mol. The van der Waals surface area contributed by atoms with Gasteiger partial charge in [0.1, 0.15) is 0 Å². The maximum Gasteiger partial charge on any atom is 0.242 e. The Balaban J connectivity index is 2.49. The van der Waals surface area contributed by atoms with Crippen molar-refractivity contribution in [2.75, 3.05) is 40.8 Å². The summed E-state index contributed by atoms with van der Waals surface area (Å²) in [5.41, 5.74) is 1.08. The molecule has 2 amide bonds. The van der Waals surface area contributed by atoms with Crippen LogP contribution in [0.4, 0.5) is 0 Å². The SMILES string of the molecule is CC(=O)N(CCCN(C)C)CC(=O)N(C)Cc1ccccc1. The Morgan fingerprint density at radius 2 is 1.64 bits per heavy atom. The fraction of sp³-hybridized carbons (Fsp3) is 0.529. The molecule has 0 aliphatic rings. The summed E-state index contributed by atoms with van der Waals surface area (Å²) in [6, 6.07) is 9.84. The van der Waals surface area contributed by atoms with Gasteiger partial charge in [-0.1, -0.05) is 30.3 Å². The second-order valence-corrected chi connectivity index (χ2v) is 5.83. The first-order chi connectivity index (χ1) is 10.4. The van der Waals surface area contributed by atoms with Crippen LogP contribution >= 0.6 is 0 Å². The molecule has 1 rings (SSSR count). The third-order valence-corrected chi connectivity index (χ3v) is 3.49. The smallest absolute Gasteiger partial charge is 0.242 e. The average Bonchev–Trinajstić information content (AvgIpc) is 2.46. The highest BCUT2D eigenvalue weighted by atomic mass is 16.2. The topological polar surface area (TPSA) is 43.9 Å². The van der Waals surface area contributed by atoms with E-state index in [4.69, 9.17) is 0 Å². The van der Waals surface area contributed by atoms with Gasteiger partial charge in [-0.3, -0.25) is 9.59 Å². The van der Waals surface area contributed by atoms with E-state index in [9.17, 15) is 9.59 Å². The Morgan fingerprint density at radius 3 is 2.18 bits per heavy atom. The Morgan fingerprint density at radius 1 is 1.00 bits per heavy atom. The van der Waals surface area contributed by atoms with Crippen LogP contribution in [0.15, 0.2) is 30.3 Å². The summed E-state index contributed by atoms with van der Waals surface area (Å²) in [5, 5.41) is 0. The summed E-state index contributed by atoms with van der Waals surface area (Å²) in [4.78, 5) is 29.3. The summed E-state index contributed by atoms with van der Waals surface area (Å²) in [7, 11) is 5.77. The Hall–Kier alpha value is -1.88. The Bertz CT molecular complexity index is 474. The van der Waals surface area contributed by atoms with Gasteiger partial charge in [0.15, 0.2) is 0 Å². The standard InChI is InChI=1S/C17H27N3O2/c1-15(21)20(12-8-11-18(2)3)14-17(22)19(4)13-16-9-6-5-7-10-16/h5-7,9-10H,8,11-14H2,1-4H3. The molecule has 0 aliphatic carbocycles. The van der Waals surface area contributed by atoms with Gasteiger partial charge in [-0.2, -0.15) is 0 Å². The Labute approximate surface area is 133 Å². The molecule has 0 bridgehead atoms. The molecule has 0 aromatic heterocycles. The van der Waals surface area contributed by atoms with Crippen LogP contribution in [0.2, 0.25) is 0 Å². The van der Waals surface area contributed by atoms with E-state index in [1.807, 2.05) is 44.4 Å². The van der Waals surface area contributed by atoms with Gasteiger partial charge in [0.05, 0.1) is 6.54 Å². The van der Waals surface area contributed by atoms with Crippen LogP contribution in [0, 0.1) is 0 Å². The highest BCUT2D eigenvalue weighted by molar-refractivity contribution is 5.83. The highest BCUT2D eigenvalue weighted by Gasteiger charge is 2.16. The maximum absolute atomic E-state index is 12.3. The minimum absolute atomic E-state index is 0.0380. The van der Waals surface area contributed by atoms with Crippen molar-refractivity contribution in [1.82, 2.24) is 14.7 Å². The van der Waals surface area contributed by atoms with Crippen molar-refractivity contribution in [2.24, 2.45) is 0 Å². The molecule has 5 heteroatoms. The number of hydrogen-bond donors (Lipinski definition) is 0. The van der Waals surface area contributed by atoms with Crippen LogP contribution in [-0.2, 0) is 16.1 Å². The second-order valence-electron chi connectivity index (χ2n) is 5.83. The van der Waals surface area contributed by atoms with Gasteiger partial charge in [0.25, 0.3) is 0 Å². The zero-order valence-electron chi connectivity index (χ0n) is 14.1. The van der Waals surface area contributed by atoms with E-state index in [1.54, 1.807) is 16.8 Å². The van der Waals surface area contributed by atoms with Crippen molar-refractivity contribution >= 4 is 11.8 Å². The largest absolute Gasteiger partial charge is 0.340 e. The van der Waals surface area contributed by atoms with Crippen LogP contribution in [-0.4, -0.2) is 67.3 Å². The van der Waals surface area contributed by atoms with Crippen molar-refractivity contribution in [3.05, 3.63) is 35.9 Å². The van der Waals surface area contributed by atoms with E-state index >= 15 is 0 Å². The molecule has 0 heterocycles. The number of nitrogens with zero attached hydrogens (tertiary/aromatic N) is 3. The number of carbonyl (C=O) groups excluding carboxylic acids is 2. The summed E-state index contributed by atoms with van der Waals surface area (Å²) in [6.07, 6.45) is 0.863. The van der Waals surface area contributed by atoms with Crippen molar-refractivity contribution in [1.29, 1.82) is 0 Å². The number of hydrogen-bond acceptors (Lipinski definition) is 3. The zero-order valence-corrected chi connectivity index (χ0v) is 14.1. The summed E-state index contributed by atoms with van der Waals surface area (Å²) >= 11 is 0. The summed E-state index contributed by atoms with van der Waals surface area (Å²) in [6.45, 7) is 3.73. The fourth-order valence-corrected chi connectivity index (χ4v) is 2.16. The van der Waals surface area contributed by atoms with Gasteiger partial charge < -0.3 is 14.7 Å². The number of likely N-dealkylation sites (N-methyl/N-ethyl adjacent to an activating group) is 1. The molecule has 0 aliphatic heterocycles. The molecule has 0 spiro atoms. The molecule has 0 N–H and O–H groups in total. The number of benzene rings is 1. The van der Waals surface area contributed by atoms with E-state index in [2.05, 4.69) is 4.90 Å². The van der Waals surface area contributed by atoms with Crippen LogP contribution in [0.5, 0.6) is 0 Å². The molecule has 0 atom stereocenters. The normalized spacial score (nSPS) is 10.6. The van der Waals surface area contributed by atoms with Crippen LogP contribution in [0.25, 0.3) is 0 Å². The van der Waals surface area contributed by atoms with Gasteiger partial charge >= 0.3 is 0 Å². The first kappa shape index (κ1) is 18.2. The molecule has 1 aromatic carbocycles. The lowest BCUT2D eigenvalue weighted by atomic mass is 10.2. The number of rotatable bonds is 8. The first-order valence-corrected chi connectivity index (χ1v) is 7.58. The van der Waals surface area contributed by atoms with Crippen molar-refractivity contribution < 1.29 is 9.59 Å². The summed E-state index contributed by atoms with van der Waals surface area (Å²) < 4.78 is 0. The third kappa shape index (κ3) is 6.72. The van der Waals surface area contributed by atoms with Crippen molar-refractivity contribution in [3.8, 4) is 0 Å². The van der Waals surface area contributed by atoms with Gasteiger partial charge in [0, 0.05) is 27.1 Å². The predicted octanol–water partition coefficient (Wildman–Crippen LogP) is 1.45. The molecular formula is C17H27N3O2. The first-order valence-electron chi connectivity index (χ1n) is 7.58. The van der Waals surface area contributed by atoms with E-state index < -0.39 is 0 Å².